The first-order valence-corrected chi connectivity index (χ1v) is 6.94. The van der Waals surface area contributed by atoms with E-state index in [9.17, 15) is 4.79 Å². The number of carbonyl (C=O) groups is 1. The number of hydrogen-bond donors (Lipinski definition) is 2. The van der Waals surface area contributed by atoms with Gasteiger partial charge in [0, 0.05) is 32.4 Å². The largest absolute Gasteiger partial charge is 0.383 e. The zero-order valence-electron chi connectivity index (χ0n) is 11.8. The van der Waals surface area contributed by atoms with Crippen molar-refractivity contribution in [3.63, 3.8) is 0 Å². The summed E-state index contributed by atoms with van der Waals surface area (Å²) in [6.07, 6.45) is 4.01. The summed E-state index contributed by atoms with van der Waals surface area (Å²) in [7, 11) is 1.67. The van der Waals surface area contributed by atoms with E-state index in [0.717, 1.165) is 19.5 Å². The van der Waals surface area contributed by atoms with Crippen molar-refractivity contribution in [1.29, 1.82) is 0 Å². The summed E-state index contributed by atoms with van der Waals surface area (Å²) in [5, 5.41) is 3.46. The van der Waals surface area contributed by atoms with Crippen LogP contribution in [0.4, 0.5) is 5.82 Å². The molecule has 0 bridgehead atoms. The lowest BCUT2D eigenvalue weighted by molar-refractivity contribution is 0.1000. The third kappa shape index (κ3) is 3.68. The summed E-state index contributed by atoms with van der Waals surface area (Å²) in [6, 6.07) is 3.87. The number of pyridine rings is 1. The highest BCUT2D eigenvalue weighted by Gasteiger charge is 2.21. The Kier molecular flexibility index (Phi) is 5.31. The second-order valence-corrected chi connectivity index (χ2v) is 4.97. The van der Waals surface area contributed by atoms with Gasteiger partial charge in [0.25, 0.3) is 5.91 Å². The van der Waals surface area contributed by atoms with Crippen LogP contribution in [0.25, 0.3) is 0 Å². The maximum atomic E-state index is 11.5. The molecule has 6 heteroatoms. The first-order valence-electron chi connectivity index (χ1n) is 6.94. The van der Waals surface area contributed by atoms with Gasteiger partial charge in [-0.3, -0.25) is 4.79 Å². The number of methoxy groups -OCH3 is 1. The Balaban J connectivity index is 2.18. The molecule has 1 saturated heterocycles. The molecule has 1 aromatic heterocycles. The van der Waals surface area contributed by atoms with Crippen molar-refractivity contribution in [2.45, 2.75) is 18.9 Å². The van der Waals surface area contributed by atoms with Gasteiger partial charge in [-0.1, -0.05) is 0 Å². The number of nitrogens with two attached hydrogens (primary N) is 1. The van der Waals surface area contributed by atoms with E-state index in [-0.39, 0.29) is 0 Å². The molecule has 2 rings (SSSR count). The molecule has 0 spiro atoms. The molecule has 1 aromatic rings. The van der Waals surface area contributed by atoms with E-state index in [0.29, 0.717) is 30.6 Å². The number of aromatic nitrogens is 1. The van der Waals surface area contributed by atoms with Crippen LogP contribution in [0.5, 0.6) is 0 Å². The van der Waals surface area contributed by atoms with Crippen molar-refractivity contribution >= 4 is 11.7 Å². The number of hydrogen-bond acceptors (Lipinski definition) is 5. The summed E-state index contributed by atoms with van der Waals surface area (Å²) in [5.74, 6) is 0.195. The van der Waals surface area contributed by atoms with Gasteiger partial charge in [0.15, 0.2) is 0 Å². The van der Waals surface area contributed by atoms with E-state index >= 15 is 0 Å². The van der Waals surface area contributed by atoms with E-state index < -0.39 is 5.91 Å². The van der Waals surface area contributed by atoms with E-state index in [1.807, 2.05) is 0 Å². The minimum Gasteiger partial charge on any atom is -0.383 e. The first-order chi connectivity index (χ1) is 9.72. The average Bonchev–Trinajstić information content (AvgIpc) is 2.96. The molecule has 1 aliphatic heterocycles. The molecule has 3 N–H and O–H groups in total. The summed E-state index contributed by atoms with van der Waals surface area (Å²) in [6.45, 7) is 3.13. The van der Waals surface area contributed by atoms with Crippen molar-refractivity contribution in [1.82, 2.24) is 10.3 Å². The van der Waals surface area contributed by atoms with Crippen LogP contribution in [-0.2, 0) is 4.74 Å². The minimum absolute atomic E-state index is 0.426. The highest BCUT2D eigenvalue weighted by molar-refractivity contribution is 5.97. The Labute approximate surface area is 119 Å². The smallest absolute Gasteiger partial charge is 0.252 e. The average molecular weight is 278 g/mol. The van der Waals surface area contributed by atoms with Gasteiger partial charge >= 0.3 is 0 Å². The Morgan fingerprint density at radius 3 is 3.15 bits per heavy atom. The van der Waals surface area contributed by atoms with Gasteiger partial charge in [0.05, 0.1) is 12.2 Å². The van der Waals surface area contributed by atoms with Gasteiger partial charge in [-0.25, -0.2) is 4.98 Å². The van der Waals surface area contributed by atoms with E-state index in [4.69, 9.17) is 10.5 Å². The quantitative estimate of drug-likeness (QED) is 0.754. The third-order valence-corrected chi connectivity index (χ3v) is 3.52. The van der Waals surface area contributed by atoms with Crippen molar-refractivity contribution in [2.75, 3.05) is 38.3 Å². The number of ether oxygens (including phenoxy) is 1. The van der Waals surface area contributed by atoms with Crippen LogP contribution >= 0.6 is 0 Å². The molecule has 1 unspecified atom stereocenters. The van der Waals surface area contributed by atoms with Gasteiger partial charge < -0.3 is 20.7 Å². The molecule has 0 aromatic carbocycles. The summed E-state index contributed by atoms with van der Waals surface area (Å²) in [5.41, 5.74) is 5.90. The SMILES string of the molecule is COCCN(CC1CCCN1)c1ncccc1C(N)=O. The lowest BCUT2D eigenvalue weighted by Crippen LogP contribution is -2.40. The fourth-order valence-electron chi connectivity index (χ4n) is 2.51. The van der Waals surface area contributed by atoms with Crippen molar-refractivity contribution < 1.29 is 9.53 Å². The Morgan fingerprint density at radius 1 is 1.65 bits per heavy atom. The first kappa shape index (κ1) is 14.7. The molecule has 6 nitrogen and oxygen atoms in total. The Hall–Kier alpha value is -1.66. The number of carbonyl (C=O) groups excluding carboxylic acids is 1. The summed E-state index contributed by atoms with van der Waals surface area (Å²) >= 11 is 0. The van der Waals surface area contributed by atoms with Crippen LogP contribution in [0.2, 0.25) is 0 Å². The zero-order chi connectivity index (χ0) is 14.4. The predicted molar refractivity (Wildman–Crippen MR) is 77.9 cm³/mol. The molecular weight excluding hydrogens is 256 g/mol. The minimum atomic E-state index is -0.449. The highest BCUT2D eigenvalue weighted by Crippen LogP contribution is 2.18. The van der Waals surface area contributed by atoms with Crippen LogP contribution in [0.3, 0.4) is 0 Å². The van der Waals surface area contributed by atoms with Gasteiger partial charge in [-0.15, -0.1) is 0 Å². The zero-order valence-corrected chi connectivity index (χ0v) is 11.8. The lowest BCUT2D eigenvalue weighted by Gasteiger charge is -2.27. The van der Waals surface area contributed by atoms with Crippen LogP contribution < -0.4 is 16.0 Å². The predicted octanol–water partition coefficient (Wildman–Crippen LogP) is 0.385. The fraction of sp³-hybridized carbons (Fsp3) is 0.571. The third-order valence-electron chi connectivity index (χ3n) is 3.52. The molecule has 1 atom stereocenters. The standard InChI is InChI=1S/C14H22N4O2/c1-20-9-8-18(10-11-4-2-6-16-11)14-12(13(15)19)5-3-7-17-14/h3,5,7,11,16H,2,4,6,8-10H2,1H3,(H2,15,19). The number of amides is 1. The molecule has 0 aliphatic carbocycles. The molecule has 20 heavy (non-hydrogen) atoms. The lowest BCUT2D eigenvalue weighted by atomic mass is 10.2. The van der Waals surface area contributed by atoms with Gasteiger partial charge in [-0.05, 0) is 31.5 Å². The normalized spacial score (nSPS) is 18.1. The molecule has 0 saturated carbocycles. The number of nitrogens with one attached hydrogen (secondary N) is 1. The second kappa shape index (κ2) is 7.21. The van der Waals surface area contributed by atoms with Crippen LogP contribution in [0.15, 0.2) is 18.3 Å². The second-order valence-electron chi connectivity index (χ2n) is 4.97. The van der Waals surface area contributed by atoms with Crippen LogP contribution in [0.1, 0.15) is 23.2 Å². The summed E-state index contributed by atoms with van der Waals surface area (Å²) in [4.78, 5) is 18.0. The molecule has 1 aliphatic rings. The van der Waals surface area contributed by atoms with E-state index in [1.165, 1.54) is 6.42 Å². The Bertz CT molecular complexity index is 447. The van der Waals surface area contributed by atoms with Gasteiger partial charge in [0.1, 0.15) is 5.82 Å². The topological polar surface area (TPSA) is 80.5 Å². The van der Waals surface area contributed by atoms with Gasteiger partial charge in [0.2, 0.25) is 0 Å². The number of anilines is 1. The maximum absolute atomic E-state index is 11.5. The van der Waals surface area contributed by atoms with Crippen molar-refractivity contribution in [3.05, 3.63) is 23.9 Å². The number of primary amides is 1. The highest BCUT2D eigenvalue weighted by atomic mass is 16.5. The Morgan fingerprint density at radius 2 is 2.50 bits per heavy atom. The van der Waals surface area contributed by atoms with Gasteiger partial charge in [-0.2, -0.15) is 0 Å². The number of rotatable bonds is 7. The van der Waals surface area contributed by atoms with E-state index in [1.54, 1.807) is 25.4 Å². The monoisotopic (exact) mass is 278 g/mol. The maximum Gasteiger partial charge on any atom is 0.252 e. The molecule has 1 amide bonds. The molecule has 0 radical (unpaired) electrons. The van der Waals surface area contributed by atoms with Crippen LogP contribution in [0, 0.1) is 0 Å². The molecule has 1 fully saturated rings. The van der Waals surface area contributed by atoms with Crippen LogP contribution in [-0.4, -0.2) is 50.3 Å². The molecular formula is C14H22N4O2. The summed E-state index contributed by atoms with van der Waals surface area (Å²) < 4.78 is 5.15. The van der Waals surface area contributed by atoms with Crippen molar-refractivity contribution in [3.8, 4) is 0 Å². The fourth-order valence-corrected chi connectivity index (χ4v) is 2.51. The van der Waals surface area contributed by atoms with Crippen molar-refractivity contribution in [2.24, 2.45) is 5.73 Å². The molecule has 2 heterocycles. The van der Waals surface area contributed by atoms with E-state index in [2.05, 4.69) is 15.2 Å². The number of nitrogens with zero attached hydrogens (tertiary/aromatic N) is 2. The molecule has 110 valence electrons.